The molecule has 2 heterocycles. The molecule has 1 atom stereocenters. The van der Waals surface area contributed by atoms with E-state index in [0.29, 0.717) is 53.6 Å². The van der Waals surface area contributed by atoms with Crippen molar-refractivity contribution in [3.63, 3.8) is 0 Å². The van der Waals surface area contributed by atoms with Crippen molar-refractivity contribution in [2.24, 2.45) is 5.92 Å². The predicted octanol–water partition coefficient (Wildman–Crippen LogP) is 4.42. The summed E-state index contributed by atoms with van der Waals surface area (Å²) in [6, 6.07) is 11.3. The third-order valence-corrected chi connectivity index (χ3v) is 5.76. The fourth-order valence-corrected chi connectivity index (χ4v) is 3.90. The van der Waals surface area contributed by atoms with Gasteiger partial charge in [0.15, 0.2) is 6.61 Å². The molecule has 3 aromatic rings. The van der Waals surface area contributed by atoms with Crippen molar-refractivity contribution in [3.8, 4) is 17.2 Å². The number of fused-ring (bicyclic) bond motifs is 1. The van der Waals surface area contributed by atoms with Crippen molar-refractivity contribution in [2.75, 3.05) is 26.3 Å². The Morgan fingerprint density at radius 3 is 2.68 bits per heavy atom. The standard InChI is InChI=1S/C25H24ClNO7/c1-2-31-25(30)16-4-3-11-27(13-16)23(28)15-32-19-9-10-20-21(12-19)33-14-22(24(20)29)34-18-7-5-17(26)6-8-18/h5-10,12,14,16H,2-4,11,13,15H2,1H3/t16-/m0/s1. The number of benzene rings is 2. The number of hydrogen-bond donors (Lipinski definition) is 0. The number of carbonyl (C=O) groups is 2. The zero-order valence-corrected chi connectivity index (χ0v) is 19.4. The number of ether oxygens (including phenoxy) is 3. The van der Waals surface area contributed by atoms with Crippen molar-refractivity contribution in [2.45, 2.75) is 19.8 Å². The van der Waals surface area contributed by atoms with Crippen molar-refractivity contribution < 1.29 is 28.2 Å². The smallest absolute Gasteiger partial charge is 0.310 e. The highest BCUT2D eigenvalue weighted by Crippen LogP contribution is 2.25. The molecular weight excluding hydrogens is 462 g/mol. The SMILES string of the molecule is CCOC(=O)[C@H]1CCCN(C(=O)COc2ccc3c(=O)c(Oc4ccc(Cl)cc4)coc3c2)C1. The number of rotatable bonds is 7. The maximum Gasteiger partial charge on any atom is 0.310 e. The van der Waals surface area contributed by atoms with E-state index in [2.05, 4.69) is 0 Å². The predicted molar refractivity (Wildman–Crippen MR) is 125 cm³/mol. The number of esters is 1. The Morgan fingerprint density at radius 2 is 1.91 bits per heavy atom. The maximum atomic E-state index is 12.8. The van der Waals surface area contributed by atoms with E-state index in [1.54, 1.807) is 54.3 Å². The first-order valence-corrected chi connectivity index (χ1v) is 11.4. The molecule has 34 heavy (non-hydrogen) atoms. The second-order valence-corrected chi connectivity index (χ2v) is 8.30. The highest BCUT2D eigenvalue weighted by molar-refractivity contribution is 6.30. The van der Waals surface area contributed by atoms with Gasteiger partial charge in [-0.1, -0.05) is 11.6 Å². The van der Waals surface area contributed by atoms with Gasteiger partial charge in [-0.15, -0.1) is 0 Å². The van der Waals surface area contributed by atoms with Crippen molar-refractivity contribution in [3.05, 3.63) is 64.0 Å². The van der Waals surface area contributed by atoms with Crippen LogP contribution in [0.2, 0.25) is 5.02 Å². The van der Waals surface area contributed by atoms with Gasteiger partial charge in [0.2, 0.25) is 11.2 Å². The molecule has 0 saturated carbocycles. The van der Waals surface area contributed by atoms with Crippen LogP contribution in [0.1, 0.15) is 19.8 Å². The average Bonchev–Trinajstić information content (AvgIpc) is 2.85. The van der Waals surface area contributed by atoms with Crippen molar-refractivity contribution in [1.29, 1.82) is 0 Å². The molecule has 8 nitrogen and oxygen atoms in total. The Balaban J connectivity index is 1.40. The van der Waals surface area contributed by atoms with Crippen molar-refractivity contribution >= 4 is 34.4 Å². The van der Waals surface area contributed by atoms with Gasteiger partial charge in [-0.05, 0) is 56.2 Å². The zero-order chi connectivity index (χ0) is 24.1. The lowest BCUT2D eigenvalue weighted by Gasteiger charge is -2.31. The van der Waals surface area contributed by atoms with Gasteiger partial charge in [0.05, 0.1) is 17.9 Å². The van der Waals surface area contributed by atoms with Crippen molar-refractivity contribution in [1.82, 2.24) is 4.90 Å². The monoisotopic (exact) mass is 485 g/mol. The first kappa shape index (κ1) is 23.6. The van der Waals surface area contributed by atoms with E-state index in [4.69, 9.17) is 30.2 Å². The summed E-state index contributed by atoms with van der Waals surface area (Å²) in [5.41, 5.74) is -0.0316. The maximum absolute atomic E-state index is 12.8. The molecule has 0 radical (unpaired) electrons. The average molecular weight is 486 g/mol. The fraction of sp³-hybridized carbons (Fsp3) is 0.320. The molecule has 9 heteroatoms. The normalized spacial score (nSPS) is 15.7. The minimum Gasteiger partial charge on any atom is -0.484 e. The van der Waals surface area contributed by atoms with E-state index >= 15 is 0 Å². The first-order valence-electron chi connectivity index (χ1n) is 11.0. The Kier molecular flexibility index (Phi) is 7.37. The second-order valence-electron chi connectivity index (χ2n) is 7.86. The zero-order valence-electron chi connectivity index (χ0n) is 18.6. The van der Waals surface area contributed by atoms with Crippen LogP contribution in [0.4, 0.5) is 0 Å². The minimum atomic E-state index is -0.336. The Morgan fingerprint density at radius 1 is 1.15 bits per heavy atom. The van der Waals surface area contributed by atoms with Crippen LogP contribution in [0.5, 0.6) is 17.2 Å². The molecule has 4 rings (SSSR count). The lowest BCUT2D eigenvalue weighted by Crippen LogP contribution is -2.44. The van der Waals surface area contributed by atoms with Crippen LogP contribution in [0.25, 0.3) is 11.0 Å². The quantitative estimate of drug-likeness (QED) is 0.457. The highest BCUT2D eigenvalue weighted by atomic mass is 35.5. The van der Waals surface area contributed by atoms with Crippen LogP contribution in [-0.4, -0.2) is 43.1 Å². The van der Waals surface area contributed by atoms with Crippen LogP contribution in [0.3, 0.4) is 0 Å². The number of hydrogen-bond acceptors (Lipinski definition) is 7. The van der Waals surface area contributed by atoms with Gasteiger partial charge in [-0.25, -0.2) is 0 Å². The van der Waals surface area contributed by atoms with E-state index in [9.17, 15) is 14.4 Å². The van der Waals surface area contributed by atoms with Gasteiger partial charge in [-0.2, -0.15) is 0 Å². The molecule has 0 N–H and O–H groups in total. The summed E-state index contributed by atoms with van der Waals surface area (Å²) in [7, 11) is 0. The molecule has 0 aliphatic carbocycles. The lowest BCUT2D eigenvalue weighted by molar-refractivity contribution is -0.151. The van der Waals surface area contributed by atoms with E-state index in [1.165, 1.54) is 6.26 Å². The van der Waals surface area contributed by atoms with E-state index in [-0.39, 0.29) is 35.6 Å². The number of likely N-dealkylation sites (tertiary alicyclic amines) is 1. The van der Waals surface area contributed by atoms with Gasteiger partial charge in [0.25, 0.3) is 5.91 Å². The summed E-state index contributed by atoms with van der Waals surface area (Å²) in [5, 5.41) is 0.876. The Bertz CT molecular complexity index is 1240. The molecule has 2 aromatic carbocycles. The van der Waals surface area contributed by atoms with Gasteiger partial charge in [0.1, 0.15) is 23.3 Å². The Hall–Kier alpha value is -3.52. The molecular formula is C25H24ClNO7. The number of piperidine rings is 1. The van der Waals surface area contributed by atoms with E-state index < -0.39 is 0 Å². The first-order chi connectivity index (χ1) is 16.4. The largest absolute Gasteiger partial charge is 0.484 e. The molecule has 1 aliphatic rings. The van der Waals surface area contributed by atoms with Gasteiger partial charge < -0.3 is 23.5 Å². The van der Waals surface area contributed by atoms with Crippen LogP contribution >= 0.6 is 11.6 Å². The summed E-state index contributed by atoms with van der Waals surface area (Å²) in [5.74, 6) is 0.0793. The summed E-state index contributed by atoms with van der Waals surface area (Å²) in [4.78, 5) is 39.0. The Labute approximate surface area is 201 Å². The number of carbonyl (C=O) groups excluding carboxylic acids is 2. The summed E-state index contributed by atoms with van der Waals surface area (Å²) < 4.78 is 21.9. The lowest BCUT2D eigenvalue weighted by atomic mass is 9.98. The van der Waals surface area contributed by atoms with Crippen LogP contribution in [-0.2, 0) is 14.3 Å². The summed E-state index contributed by atoms with van der Waals surface area (Å²) in [6.45, 7) is 2.78. The molecule has 1 saturated heterocycles. The van der Waals surface area contributed by atoms with E-state index in [1.807, 2.05) is 0 Å². The topological polar surface area (TPSA) is 95.3 Å². The van der Waals surface area contributed by atoms with Crippen LogP contribution in [0, 0.1) is 5.92 Å². The van der Waals surface area contributed by atoms with E-state index in [0.717, 1.165) is 6.42 Å². The molecule has 0 bridgehead atoms. The van der Waals surface area contributed by atoms with Crippen LogP contribution < -0.4 is 14.9 Å². The van der Waals surface area contributed by atoms with Gasteiger partial charge in [0, 0.05) is 24.2 Å². The molecule has 1 amide bonds. The van der Waals surface area contributed by atoms with Gasteiger partial charge >= 0.3 is 5.97 Å². The number of halogens is 1. The molecule has 178 valence electrons. The van der Waals surface area contributed by atoms with Crippen LogP contribution in [0.15, 0.2) is 57.9 Å². The molecule has 1 aromatic heterocycles. The fourth-order valence-electron chi connectivity index (χ4n) is 3.77. The molecule has 0 spiro atoms. The molecule has 1 fully saturated rings. The summed E-state index contributed by atoms with van der Waals surface area (Å²) in [6.07, 6.45) is 2.67. The van der Waals surface area contributed by atoms with Gasteiger partial charge in [-0.3, -0.25) is 14.4 Å². The number of nitrogens with zero attached hydrogens (tertiary/aromatic N) is 1. The minimum absolute atomic E-state index is 0.0416. The summed E-state index contributed by atoms with van der Waals surface area (Å²) >= 11 is 5.87. The molecule has 1 aliphatic heterocycles. The third-order valence-electron chi connectivity index (χ3n) is 5.51. The second kappa shape index (κ2) is 10.6. The third kappa shape index (κ3) is 5.51. The number of amides is 1. The highest BCUT2D eigenvalue weighted by Gasteiger charge is 2.29. The molecule has 0 unspecified atom stereocenters.